The van der Waals surface area contributed by atoms with Gasteiger partial charge in [-0.1, -0.05) is 17.7 Å². The van der Waals surface area contributed by atoms with Gasteiger partial charge in [-0.15, -0.1) is 11.3 Å². The fraction of sp³-hybridized carbons (Fsp3) is 0.214. The Bertz CT molecular complexity index is 575. The normalized spacial score (nSPS) is 10.3. The molecule has 0 spiro atoms. The van der Waals surface area contributed by atoms with E-state index in [4.69, 9.17) is 5.11 Å². The van der Waals surface area contributed by atoms with Crippen molar-refractivity contribution in [3.8, 4) is 0 Å². The standard InChI is InChI=1S/C14H15NO2S/c1-9-3-5-12(10(2)7-9)15-8-11-4-6-13(18-11)14(16)17/h3-7,15H,8H2,1-2H3,(H,16,17). The minimum atomic E-state index is -0.863. The van der Waals surface area contributed by atoms with Gasteiger partial charge < -0.3 is 10.4 Å². The highest BCUT2D eigenvalue weighted by molar-refractivity contribution is 7.13. The number of hydrogen-bond acceptors (Lipinski definition) is 3. The zero-order valence-electron chi connectivity index (χ0n) is 10.4. The largest absolute Gasteiger partial charge is 0.477 e. The van der Waals surface area contributed by atoms with Gasteiger partial charge in [-0.25, -0.2) is 4.79 Å². The van der Waals surface area contributed by atoms with Crippen LogP contribution in [0.15, 0.2) is 30.3 Å². The summed E-state index contributed by atoms with van der Waals surface area (Å²) < 4.78 is 0. The van der Waals surface area contributed by atoms with Gasteiger partial charge in [0.15, 0.2) is 0 Å². The molecule has 0 aliphatic rings. The fourth-order valence-corrected chi connectivity index (χ4v) is 2.57. The van der Waals surface area contributed by atoms with Crippen LogP contribution < -0.4 is 5.32 Å². The molecule has 0 aliphatic heterocycles. The average Bonchev–Trinajstić information content (AvgIpc) is 2.76. The van der Waals surface area contributed by atoms with Crippen molar-refractivity contribution in [3.63, 3.8) is 0 Å². The molecular formula is C14H15NO2S. The highest BCUT2D eigenvalue weighted by Crippen LogP contribution is 2.20. The first-order valence-corrected chi connectivity index (χ1v) is 6.51. The summed E-state index contributed by atoms with van der Waals surface area (Å²) in [5, 5.41) is 12.2. The Balaban J connectivity index is 2.04. The molecule has 2 aromatic rings. The van der Waals surface area contributed by atoms with E-state index in [9.17, 15) is 4.79 Å². The summed E-state index contributed by atoms with van der Waals surface area (Å²) in [5.74, 6) is -0.863. The molecule has 0 amide bonds. The van der Waals surface area contributed by atoms with Crippen LogP contribution in [0.3, 0.4) is 0 Å². The quantitative estimate of drug-likeness (QED) is 0.882. The lowest BCUT2D eigenvalue weighted by atomic mass is 10.1. The van der Waals surface area contributed by atoms with E-state index in [1.807, 2.05) is 6.07 Å². The van der Waals surface area contributed by atoms with E-state index in [1.165, 1.54) is 22.5 Å². The Labute approximate surface area is 110 Å². The number of carboxylic acid groups (broad SMARTS) is 1. The van der Waals surface area contributed by atoms with Gasteiger partial charge in [-0.05, 0) is 37.6 Å². The summed E-state index contributed by atoms with van der Waals surface area (Å²) in [5.41, 5.74) is 3.53. The van der Waals surface area contributed by atoms with Crippen LogP contribution in [0.4, 0.5) is 5.69 Å². The molecule has 1 heterocycles. The fourth-order valence-electron chi connectivity index (χ4n) is 1.78. The molecule has 0 aliphatic carbocycles. The zero-order valence-corrected chi connectivity index (χ0v) is 11.2. The number of rotatable bonds is 4. The van der Waals surface area contributed by atoms with Crippen LogP contribution in [0, 0.1) is 13.8 Å². The maximum atomic E-state index is 10.8. The molecule has 3 nitrogen and oxygen atoms in total. The van der Waals surface area contributed by atoms with Crippen molar-refractivity contribution in [1.82, 2.24) is 0 Å². The Morgan fingerprint density at radius 1 is 1.28 bits per heavy atom. The van der Waals surface area contributed by atoms with Crippen molar-refractivity contribution >= 4 is 23.0 Å². The van der Waals surface area contributed by atoms with E-state index < -0.39 is 5.97 Å². The lowest BCUT2D eigenvalue weighted by Crippen LogP contribution is -1.99. The molecule has 2 N–H and O–H groups in total. The Hall–Kier alpha value is -1.81. The summed E-state index contributed by atoms with van der Waals surface area (Å²) in [4.78, 5) is 12.2. The number of thiophene rings is 1. The predicted molar refractivity (Wildman–Crippen MR) is 74.5 cm³/mol. The van der Waals surface area contributed by atoms with Crippen molar-refractivity contribution in [2.45, 2.75) is 20.4 Å². The highest BCUT2D eigenvalue weighted by Gasteiger charge is 2.06. The number of benzene rings is 1. The van der Waals surface area contributed by atoms with Crippen LogP contribution in [0.25, 0.3) is 0 Å². The molecule has 1 aromatic heterocycles. The molecule has 4 heteroatoms. The number of carbonyl (C=O) groups is 1. The first kappa shape index (κ1) is 12.6. The van der Waals surface area contributed by atoms with E-state index in [0.29, 0.717) is 11.4 Å². The van der Waals surface area contributed by atoms with E-state index >= 15 is 0 Å². The molecule has 0 bridgehead atoms. The van der Waals surface area contributed by atoms with Gasteiger partial charge in [-0.3, -0.25) is 0 Å². The van der Waals surface area contributed by atoms with E-state index in [1.54, 1.807) is 6.07 Å². The van der Waals surface area contributed by atoms with Crippen LogP contribution in [0.1, 0.15) is 25.7 Å². The number of carboxylic acids is 1. The van der Waals surface area contributed by atoms with E-state index in [0.717, 1.165) is 10.6 Å². The minimum absolute atomic E-state index is 0.382. The number of anilines is 1. The third-order valence-corrected chi connectivity index (χ3v) is 3.78. The molecule has 0 fully saturated rings. The molecule has 94 valence electrons. The second kappa shape index (κ2) is 5.23. The molecule has 0 saturated carbocycles. The van der Waals surface area contributed by atoms with Crippen LogP contribution >= 0.6 is 11.3 Å². The zero-order chi connectivity index (χ0) is 13.1. The van der Waals surface area contributed by atoms with Gasteiger partial charge >= 0.3 is 5.97 Å². The SMILES string of the molecule is Cc1ccc(NCc2ccc(C(=O)O)s2)c(C)c1. The predicted octanol–water partition coefficient (Wildman–Crippen LogP) is 3.68. The summed E-state index contributed by atoms with van der Waals surface area (Å²) in [6.45, 7) is 4.78. The topological polar surface area (TPSA) is 49.3 Å². The molecule has 0 radical (unpaired) electrons. The third-order valence-electron chi connectivity index (χ3n) is 2.71. The molecule has 0 atom stereocenters. The van der Waals surface area contributed by atoms with Crippen molar-refractivity contribution in [2.24, 2.45) is 0 Å². The summed E-state index contributed by atoms with van der Waals surface area (Å²) in [6.07, 6.45) is 0. The Morgan fingerprint density at radius 2 is 2.06 bits per heavy atom. The van der Waals surface area contributed by atoms with Gasteiger partial charge in [0.25, 0.3) is 0 Å². The van der Waals surface area contributed by atoms with Crippen molar-refractivity contribution in [3.05, 3.63) is 51.2 Å². The Kier molecular flexibility index (Phi) is 3.67. The summed E-state index contributed by atoms with van der Waals surface area (Å²) >= 11 is 1.31. The lowest BCUT2D eigenvalue weighted by molar-refractivity contribution is 0.0702. The number of hydrogen-bond donors (Lipinski definition) is 2. The first-order chi connectivity index (χ1) is 8.56. The van der Waals surface area contributed by atoms with Gasteiger partial charge in [0, 0.05) is 17.1 Å². The summed E-state index contributed by atoms with van der Waals surface area (Å²) in [6, 6.07) is 9.74. The van der Waals surface area contributed by atoms with Gasteiger partial charge in [0.1, 0.15) is 4.88 Å². The number of aromatic carboxylic acids is 1. The van der Waals surface area contributed by atoms with Gasteiger partial charge in [0.05, 0.1) is 0 Å². The van der Waals surface area contributed by atoms with Crippen LogP contribution in [0.2, 0.25) is 0 Å². The molecule has 2 rings (SSSR count). The molecular weight excluding hydrogens is 246 g/mol. The van der Waals surface area contributed by atoms with Crippen LogP contribution in [0.5, 0.6) is 0 Å². The summed E-state index contributed by atoms with van der Waals surface area (Å²) in [7, 11) is 0. The Morgan fingerprint density at radius 3 is 2.67 bits per heavy atom. The molecule has 18 heavy (non-hydrogen) atoms. The maximum absolute atomic E-state index is 10.8. The molecule has 0 saturated heterocycles. The van der Waals surface area contributed by atoms with E-state index in [-0.39, 0.29) is 0 Å². The van der Waals surface area contributed by atoms with Crippen LogP contribution in [-0.4, -0.2) is 11.1 Å². The lowest BCUT2D eigenvalue weighted by Gasteiger charge is -2.09. The highest BCUT2D eigenvalue weighted by atomic mass is 32.1. The van der Waals surface area contributed by atoms with Crippen molar-refractivity contribution < 1.29 is 9.90 Å². The molecule has 1 aromatic carbocycles. The van der Waals surface area contributed by atoms with Gasteiger partial charge in [-0.2, -0.15) is 0 Å². The molecule has 0 unspecified atom stereocenters. The average molecular weight is 261 g/mol. The third kappa shape index (κ3) is 2.90. The number of aryl methyl sites for hydroxylation is 2. The monoisotopic (exact) mass is 261 g/mol. The second-order valence-corrected chi connectivity index (χ2v) is 5.41. The first-order valence-electron chi connectivity index (χ1n) is 5.69. The number of nitrogens with one attached hydrogen (secondary N) is 1. The van der Waals surface area contributed by atoms with Crippen molar-refractivity contribution in [1.29, 1.82) is 0 Å². The smallest absolute Gasteiger partial charge is 0.345 e. The van der Waals surface area contributed by atoms with Gasteiger partial charge in [0.2, 0.25) is 0 Å². The maximum Gasteiger partial charge on any atom is 0.345 e. The minimum Gasteiger partial charge on any atom is -0.477 e. The second-order valence-electron chi connectivity index (χ2n) is 4.24. The van der Waals surface area contributed by atoms with Crippen LogP contribution in [-0.2, 0) is 6.54 Å². The van der Waals surface area contributed by atoms with E-state index in [2.05, 4.69) is 37.4 Å². The van der Waals surface area contributed by atoms with Crippen molar-refractivity contribution in [2.75, 3.05) is 5.32 Å².